The number of aromatic hydroxyl groups is 1. The number of hydrogen-bond donors (Lipinski definition) is 2. The molecule has 4 nitrogen and oxygen atoms in total. The molecular weight excluding hydrogens is 326 g/mol. The topological polar surface area (TPSA) is 51.0 Å². The minimum Gasteiger partial charge on any atom is -0.507 e. The number of ether oxygens (including phenoxy) is 1. The fourth-order valence-corrected chi connectivity index (χ4v) is 3.36. The Morgan fingerprint density at radius 3 is 2.54 bits per heavy atom. The first-order valence-corrected chi connectivity index (χ1v) is 9.17. The number of allylic oxidation sites excluding steroid dienone is 1. The monoisotopic (exact) mass is 352 g/mol. The van der Waals surface area contributed by atoms with E-state index >= 15 is 0 Å². The van der Waals surface area contributed by atoms with Crippen LogP contribution in [0.5, 0.6) is 11.5 Å². The fraction of sp³-hybridized carbons (Fsp3) is 0.318. The van der Waals surface area contributed by atoms with Gasteiger partial charge in [-0.15, -0.1) is 0 Å². The van der Waals surface area contributed by atoms with Gasteiger partial charge in [-0.05, 0) is 61.2 Å². The summed E-state index contributed by atoms with van der Waals surface area (Å²) in [5.41, 5.74) is 2.40. The maximum absolute atomic E-state index is 12.5. The quantitative estimate of drug-likeness (QED) is 0.621. The number of carbonyl (C=O) groups excluding carboxylic acids is 1. The molecule has 0 spiro atoms. The molecule has 3 rings (SSSR count). The molecule has 4 heteroatoms. The van der Waals surface area contributed by atoms with Gasteiger partial charge in [-0.3, -0.25) is 4.79 Å². The van der Waals surface area contributed by atoms with E-state index in [-0.39, 0.29) is 11.5 Å². The molecule has 136 valence electrons. The van der Waals surface area contributed by atoms with E-state index in [4.69, 9.17) is 4.74 Å². The zero-order chi connectivity index (χ0) is 18.4. The van der Waals surface area contributed by atoms with Gasteiger partial charge < -0.3 is 14.7 Å². The Hall–Kier alpha value is -2.59. The summed E-state index contributed by atoms with van der Waals surface area (Å²) >= 11 is 0. The lowest BCUT2D eigenvalue weighted by Crippen LogP contribution is -3.11. The van der Waals surface area contributed by atoms with Crippen LogP contribution < -0.4 is 9.64 Å². The highest BCUT2D eigenvalue weighted by Gasteiger charge is 2.17. The first kappa shape index (κ1) is 18.2. The highest BCUT2D eigenvalue weighted by Crippen LogP contribution is 2.19. The molecule has 2 aromatic carbocycles. The van der Waals surface area contributed by atoms with E-state index in [1.165, 1.54) is 24.2 Å². The molecule has 0 amide bonds. The lowest BCUT2D eigenvalue weighted by molar-refractivity contribution is -0.918. The fourth-order valence-electron chi connectivity index (χ4n) is 3.36. The van der Waals surface area contributed by atoms with Gasteiger partial charge >= 0.3 is 0 Å². The Morgan fingerprint density at radius 1 is 1.12 bits per heavy atom. The van der Waals surface area contributed by atoms with E-state index in [1.807, 2.05) is 30.3 Å². The molecule has 2 aromatic rings. The zero-order valence-electron chi connectivity index (χ0n) is 15.2. The summed E-state index contributed by atoms with van der Waals surface area (Å²) in [7, 11) is 1.63. The minimum absolute atomic E-state index is 0.0595. The van der Waals surface area contributed by atoms with Gasteiger partial charge in [-0.25, -0.2) is 0 Å². The third kappa shape index (κ3) is 4.73. The minimum atomic E-state index is -0.0595. The van der Waals surface area contributed by atoms with Crippen molar-refractivity contribution in [3.05, 3.63) is 65.2 Å². The average molecular weight is 352 g/mol. The number of methoxy groups -OCH3 is 1. The third-order valence-corrected chi connectivity index (χ3v) is 4.91. The van der Waals surface area contributed by atoms with Crippen LogP contribution in [0.4, 0.5) is 0 Å². The summed E-state index contributed by atoms with van der Waals surface area (Å²) in [5.74, 6) is 1.01. The van der Waals surface area contributed by atoms with Crippen LogP contribution in [0.15, 0.2) is 48.5 Å². The standard InChI is InChI=1S/C22H25NO3/c1-26-20-9-5-17(6-10-20)7-11-21(24)18-8-12-22(25)19(15-18)16-23-13-3-2-4-14-23/h5-12,15,25H,2-4,13-14,16H2,1H3/p+1/b11-7+. The van der Waals surface area contributed by atoms with Crippen molar-refractivity contribution >= 4 is 11.9 Å². The second-order valence-corrected chi connectivity index (χ2v) is 6.80. The Labute approximate surface area is 154 Å². The highest BCUT2D eigenvalue weighted by atomic mass is 16.5. The van der Waals surface area contributed by atoms with E-state index in [2.05, 4.69) is 0 Å². The summed E-state index contributed by atoms with van der Waals surface area (Å²) < 4.78 is 5.13. The van der Waals surface area contributed by atoms with Crippen LogP contribution in [0.3, 0.4) is 0 Å². The molecule has 2 N–H and O–H groups in total. The molecule has 1 heterocycles. The lowest BCUT2D eigenvalue weighted by Gasteiger charge is -2.23. The van der Waals surface area contributed by atoms with Crippen LogP contribution in [0.2, 0.25) is 0 Å². The molecule has 0 unspecified atom stereocenters. The maximum Gasteiger partial charge on any atom is 0.185 e. The smallest absolute Gasteiger partial charge is 0.185 e. The number of ketones is 1. The van der Waals surface area contributed by atoms with Crippen LogP contribution in [0.1, 0.15) is 40.7 Å². The first-order chi connectivity index (χ1) is 12.7. The highest BCUT2D eigenvalue weighted by molar-refractivity contribution is 6.07. The summed E-state index contributed by atoms with van der Waals surface area (Å²) in [6, 6.07) is 12.7. The van der Waals surface area contributed by atoms with E-state index in [0.29, 0.717) is 5.56 Å². The van der Waals surface area contributed by atoms with E-state index in [1.54, 1.807) is 31.4 Å². The Bertz CT molecular complexity index is 774. The van der Waals surface area contributed by atoms with E-state index in [0.717, 1.165) is 36.5 Å². The predicted octanol–water partition coefficient (Wildman–Crippen LogP) is 2.87. The normalized spacial score (nSPS) is 15.3. The molecule has 26 heavy (non-hydrogen) atoms. The average Bonchev–Trinajstić information content (AvgIpc) is 2.69. The number of piperidine rings is 1. The van der Waals surface area contributed by atoms with E-state index in [9.17, 15) is 9.90 Å². The van der Waals surface area contributed by atoms with Crippen molar-refractivity contribution in [3.8, 4) is 11.5 Å². The number of quaternary nitrogens is 1. The molecule has 1 fully saturated rings. The molecule has 0 atom stereocenters. The molecular formula is C22H26NO3+. The first-order valence-electron chi connectivity index (χ1n) is 9.17. The molecule has 0 radical (unpaired) electrons. The molecule has 0 aromatic heterocycles. The lowest BCUT2D eigenvalue weighted by atomic mass is 10.0. The summed E-state index contributed by atoms with van der Waals surface area (Å²) in [5, 5.41) is 10.2. The second-order valence-electron chi connectivity index (χ2n) is 6.80. The van der Waals surface area contributed by atoms with Crippen molar-refractivity contribution in [1.82, 2.24) is 0 Å². The molecule has 1 aliphatic rings. The molecule has 1 aliphatic heterocycles. The number of likely N-dealkylation sites (tertiary alicyclic amines) is 1. The van der Waals surface area contributed by atoms with Crippen molar-refractivity contribution < 1.29 is 19.5 Å². The predicted molar refractivity (Wildman–Crippen MR) is 103 cm³/mol. The van der Waals surface area contributed by atoms with Crippen LogP contribution in [0, 0.1) is 0 Å². The Kier molecular flexibility index (Phi) is 6.08. The van der Waals surface area contributed by atoms with Crippen molar-refractivity contribution in [2.45, 2.75) is 25.8 Å². The number of carbonyl (C=O) groups is 1. The van der Waals surface area contributed by atoms with Gasteiger partial charge in [0.25, 0.3) is 0 Å². The van der Waals surface area contributed by atoms with Gasteiger partial charge in [-0.1, -0.05) is 18.2 Å². The largest absolute Gasteiger partial charge is 0.507 e. The third-order valence-electron chi connectivity index (χ3n) is 4.91. The second kappa shape index (κ2) is 8.68. The molecule has 0 saturated carbocycles. The number of rotatable bonds is 6. The molecule has 0 bridgehead atoms. The number of benzene rings is 2. The number of phenolic OH excluding ortho intramolecular Hbond substituents is 1. The molecule has 1 saturated heterocycles. The van der Waals surface area contributed by atoms with Gasteiger partial charge in [0.05, 0.1) is 20.2 Å². The SMILES string of the molecule is COc1ccc(/C=C/C(=O)c2ccc(O)c(C[NH+]3CCCCC3)c2)cc1. The summed E-state index contributed by atoms with van der Waals surface area (Å²) in [6.07, 6.45) is 7.14. The zero-order valence-corrected chi connectivity index (χ0v) is 15.2. The van der Waals surface area contributed by atoms with Gasteiger partial charge in [0.1, 0.15) is 18.0 Å². The Morgan fingerprint density at radius 2 is 1.85 bits per heavy atom. The van der Waals surface area contributed by atoms with Crippen molar-refractivity contribution in [2.24, 2.45) is 0 Å². The summed E-state index contributed by atoms with van der Waals surface area (Å²) in [6.45, 7) is 3.04. The van der Waals surface area contributed by atoms with Crippen LogP contribution in [0.25, 0.3) is 6.08 Å². The number of hydrogen-bond acceptors (Lipinski definition) is 3. The van der Waals surface area contributed by atoms with Crippen LogP contribution in [-0.4, -0.2) is 31.1 Å². The van der Waals surface area contributed by atoms with E-state index < -0.39 is 0 Å². The van der Waals surface area contributed by atoms with Crippen molar-refractivity contribution in [3.63, 3.8) is 0 Å². The van der Waals surface area contributed by atoms with Gasteiger partial charge in [0.2, 0.25) is 0 Å². The molecule has 0 aliphatic carbocycles. The van der Waals surface area contributed by atoms with Crippen molar-refractivity contribution in [2.75, 3.05) is 20.2 Å². The van der Waals surface area contributed by atoms with Crippen LogP contribution >= 0.6 is 0 Å². The van der Waals surface area contributed by atoms with Crippen LogP contribution in [-0.2, 0) is 6.54 Å². The summed E-state index contributed by atoms with van der Waals surface area (Å²) in [4.78, 5) is 14.0. The van der Waals surface area contributed by atoms with Gasteiger partial charge in [-0.2, -0.15) is 0 Å². The maximum atomic E-state index is 12.5. The number of phenols is 1. The number of nitrogens with one attached hydrogen (secondary N) is 1. The Balaban J connectivity index is 1.70. The van der Waals surface area contributed by atoms with Gasteiger partial charge in [0, 0.05) is 11.1 Å². The van der Waals surface area contributed by atoms with Gasteiger partial charge in [0.15, 0.2) is 5.78 Å². The van der Waals surface area contributed by atoms with Crippen molar-refractivity contribution in [1.29, 1.82) is 0 Å².